The predicted octanol–water partition coefficient (Wildman–Crippen LogP) is 10.3. The van der Waals surface area contributed by atoms with Gasteiger partial charge in [-0.05, 0) is 134 Å². The maximum absolute atomic E-state index is 12.8. The van der Waals surface area contributed by atoms with Crippen LogP contribution in [0.1, 0.15) is 171 Å². The van der Waals surface area contributed by atoms with Crippen molar-refractivity contribution in [3.63, 3.8) is 0 Å². The summed E-state index contributed by atoms with van der Waals surface area (Å²) in [4.78, 5) is 56.3. The number of anilines is 3. The first-order valence-corrected chi connectivity index (χ1v) is 37.7. The Kier molecular flexibility index (Phi) is 21.0. The van der Waals surface area contributed by atoms with Gasteiger partial charge in [0, 0.05) is 114 Å². The first kappa shape index (κ1) is 69.2. The summed E-state index contributed by atoms with van der Waals surface area (Å²) in [6, 6.07) is 26.4. The maximum atomic E-state index is 12.8. The summed E-state index contributed by atoms with van der Waals surface area (Å²) in [7, 11) is 0. The number of benzene rings is 3. The average Bonchev–Trinajstić information content (AvgIpc) is 1.58. The van der Waals surface area contributed by atoms with E-state index in [-0.39, 0.29) is 65.4 Å². The molecule has 504 valence electrons. The van der Waals surface area contributed by atoms with Crippen molar-refractivity contribution >= 4 is 82.1 Å². The summed E-state index contributed by atoms with van der Waals surface area (Å²) in [5, 5.41) is 13.9. The van der Waals surface area contributed by atoms with Crippen molar-refractivity contribution in [3.8, 4) is 17.2 Å². The number of alkyl halides is 1. The molecule has 12 heterocycles. The first-order chi connectivity index (χ1) is 46.0. The molecule has 3 saturated carbocycles. The van der Waals surface area contributed by atoms with Crippen LogP contribution < -0.4 is 75.3 Å². The number of carboxylic acid groups (broad SMARTS) is 1. The molecule has 3 spiro atoms. The molecule has 0 radical (unpaired) electrons. The van der Waals surface area contributed by atoms with E-state index >= 15 is 0 Å². The second-order valence-corrected chi connectivity index (χ2v) is 32.2. The Morgan fingerprint density at radius 1 is 0.573 bits per heavy atom. The molecule has 24 heteroatoms. The summed E-state index contributed by atoms with van der Waals surface area (Å²) in [5.74, 6) is 10.8. The number of carbonyl (C=O) groups excluding carboxylic acids is 1. The minimum absolute atomic E-state index is 0. The largest absolute Gasteiger partial charge is 1.00 e. The third kappa shape index (κ3) is 15.0. The molecule has 9 fully saturated rings. The molecular formula is C72H88BrN12NaO7S3. The SMILES string of the molecule is BrCC1CC1.CC(C)(C)OC(=O)N[C@@H]1c2ccccc2OC12C[C@H]1CC[C@@H](C2)N1c1cnc(SCC2CC2)cn1.N[C@@H]1c2ccccc2OC12C[C@H]1CC[C@@H](C2)N1c1cnc(SCC2CC2)cn1.N[C@@H]1c2ccccc2OC12C[C@H]1CC[C@@H](C2)N1c1cnc([S-])cn1.O=CO.[Na+]. The van der Waals surface area contributed by atoms with Crippen LogP contribution in [-0.4, -0.2) is 123 Å². The van der Waals surface area contributed by atoms with E-state index in [1.54, 1.807) is 12.4 Å². The van der Waals surface area contributed by atoms with Gasteiger partial charge in [-0.3, -0.25) is 9.78 Å². The summed E-state index contributed by atoms with van der Waals surface area (Å²) in [6.07, 6.45) is 31.5. The van der Waals surface area contributed by atoms with Gasteiger partial charge in [0.25, 0.3) is 6.47 Å². The summed E-state index contributed by atoms with van der Waals surface area (Å²) in [5.41, 5.74) is 15.1. The van der Waals surface area contributed by atoms with Crippen LogP contribution in [0.4, 0.5) is 22.2 Å². The van der Waals surface area contributed by atoms with Gasteiger partial charge in [0.2, 0.25) is 0 Å². The number of nitrogens with zero attached hydrogens (tertiary/aromatic N) is 9. The minimum atomic E-state index is -0.555. The number of nitrogens with one attached hydrogen (secondary N) is 1. The monoisotopic (exact) mass is 1430 g/mol. The smallest absolute Gasteiger partial charge is 0.759 e. The molecule has 96 heavy (non-hydrogen) atoms. The van der Waals surface area contributed by atoms with Crippen LogP contribution >= 0.6 is 39.5 Å². The number of rotatable bonds is 11. The van der Waals surface area contributed by atoms with Gasteiger partial charge in [0.15, 0.2) is 0 Å². The molecule has 6 bridgehead atoms. The number of aromatic nitrogens is 6. The number of hydrogen-bond acceptors (Lipinski definition) is 20. The van der Waals surface area contributed by atoms with Crippen molar-refractivity contribution in [2.75, 3.05) is 31.5 Å². The normalized spacial score (nSPS) is 30.0. The number of amides is 1. The van der Waals surface area contributed by atoms with Crippen LogP contribution in [0.15, 0.2) is 125 Å². The maximum Gasteiger partial charge on any atom is 1.00 e. The number of ether oxygens (including phenoxy) is 4. The van der Waals surface area contributed by atoms with Crippen LogP contribution in [0.3, 0.4) is 0 Å². The van der Waals surface area contributed by atoms with E-state index in [1.165, 1.54) is 62.4 Å². The van der Waals surface area contributed by atoms with Gasteiger partial charge < -0.3 is 68.2 Å². The second kappa shape index (κ2) is 29.1. The van der Waals surface area contributed by atoms with Crippen molar-refractivity contribution in [1.29, 1.82) is 0 Å². The van der Waals surface area contributed by atoms with Gasteiger partial charge in [-0.1, -0.05) is 75.6 Å². The third-order valence-corrected chi connectivity index (χ3v) is 24.6. The van der Waals surface area contributed by atoms with Crippen LogP contribution in [0.5, 0.6) is 17.2 Å². The fourth-order valence-corrected chi connectivity index (χ4v) is 19.1. The van der Waals surface area contributed by atoms with Gasteiger partial charge in [-0.2, -0.15) is 0 Å². The zero-order chi connectivity index (χ0) is 65.6. The van der Waals surface area contributed by atoms with Gasteiger partial charge in [0.1, 0.15) is 73.2 Å². The molecule has 3 aromatic carbocycles. The number of thioether (sulfide) groups is 2. The average molecular weight is 1430 g/mol. The Hall–Kier alpha value is -5.24. The fourth-order valence-electron chi connectivity index (χ4n) is 16.4. The molecule has 3 aliphatic carbocycles. The number of hydrogen-bond donors (Lipinski definition) is 4. The Balaban J connectivity index is 0.000000124. The van der Waals surface area contributed by atoms with E-state index in [2.05, 4.69) is 81.2 Å². The van der Waals surface area contributed by atoms with Crippen molar-refractivity contribution in [2.24, 2.45) is 29.2 Å². The predicted molar refractivity (Wildman–Crippen MR) is 375 cm³/mol. The first-order valence-electron chi connectivity index (χ1n) is 34.2. The van der Waals surface area contributed by atoms with E-state index in [0.29, 0.717) is 41.3 Å². The molecule has 6 N–H and O–H groups in total. The Morgan fingerprint density at radius 3 is 1.26 bits per heavy atom. The Bertz CT molecular complexity index is 3630. The minimum Gasteiger partial charge on any atom is -0.759 e. The van der Waals surface area contributed by atoms with Crippen molar-refractivity contribution in [1.82, 2.24) is 35.2 Å². The van der Waals surface area contributed by atoms with Crippen molar-refractivity contribution in [3.05, 3.63) is 127 Å². The molecule has 18 rings (SSSR count). The zero-order valence-corrected chi connectivity index (χ0v) is 61.5. The van der Waals surface area contributed by atoms with E-state index in [1.807, 2.05) is 112 Å². The number of nitrogens with two attached hydrogens (primary N) is 2. The quantitative estimate of drug-likeness (QED) is 0.0310. The van der Waals surface area contributed by atoms with Gasteiger partial charge in [-0.25, -0.2) is 29.7 Å². The molecule has 6 saturated heterocycles. The molecule has 12 aliphatic rings. The van der Waals surface area contributed by atoms with Crippen LogP contribution in [-0.2, 0) is 22.2 Å². The third-order valence-electron chi connectivity index (χ3n) is 21.2. The molecule has 19 nitrogen and oxygen atoms in total. The molecule has 6 aromatic rings. The van der Waals surface area contributed by atoms with Gasteiger partial charge >= 0.3 is 35.7 Å². The van der Waals surface area contributed by atoms with Crippen molar-refractivity contribution in [2.45, 2.75) is 228 Å². The molecular weight excluding hydrogens is 1340 g/mol. The van der Waals surface area contributed by atoms with Crippen molar-refractivity contribution < 1.29 is 63.2 Å². The van der Waals surface area contributed by atoms with Gasteiger partial charge in [0.05, 0.1) is 43.1 Å². The number of para-hydroxylation sites is 3. The number of halogens is 1. The topological polar surface area (TPSA) is 242 Å². The zero-order valence-electron chi connectivity index (χ0n) is 55.4. The molecule has 3 unspecified atom stereocenters. The number of fused-ring (bicyclic) bond motifs is 9. The summed E-state index contributed by atoms with van der Waals surface area (Å²) in [6.45, 7) is 5.41. The summed E-state index contributed by atoms with van der Waals surface area (Å²) >= 11 is 12.1. The Labute approximate surface area is 608 Å². The van der Waals surface area contributed by atoms with Crippen LogP contribution in [0.25, 0.3) is 0 Å². The van der Waals surface area contributed by atoms with E-state index < -0.39 is 17.3 Å². The van der Waals surface area contributed by atoms with Gasteiger partial charge in [-0.15, -0.1) is 23.5 Å². The molecule has 9 aliphatic heterocycles. The fraction of sp³-hybridized carbons (Fsp3) is 0.556. The Morgan fingerprint density at radius 2 is 0.927 bits per heavy atom. The van der Waals surface area contributed by atoms with Crippen LogP contribution in [0.2, 0.25) is 0 Å². The van der Waals surface area contributed by atoms with Crippen LogP contribution in [0, 0.1) is 17.8 Å². The standard InChI is InChI=1S/C27H34N4O3S.C22H26N4OS.C18H20N4OS.C4H7Br.CH2O2.Na/c1-26(2,3)34-25(32)30-24-20-6-4-5-7-21(20)33-27(24)12-18-10-11-19(13-27)31(18)22-14-29-23(15-28-22)35-16-17-8-9-17;23-21-17-3-1-2-4-18(17)27-22(21)9-15-7-8-16(10-22)26(15)19-11-25-20(12-24-19)28-13-14-5-6-14;19-17-13-3-1-2-4-14(13)23-18(17)7-11-5-6-12(8-18)22(11)15-9-21-16(24)10-20-15;5-3-4-1-2-4;2-1-3;/h4-7,14-15,17-19,24H,8-13,16H2,1-3H3,(H,30,32);1-4,11-12,14-16,21H,5-10,13,23H2;1-4,9-12,17H,5-8,19H2,(H,21,24);4H,1-3H2;1H,(H,2,3);/q;;;;;+1/p-1/t18-,19+,24-,27?;15-,16+,21-,22?;11-,12+,17-,18?;;;/m111.../s1. The number of carbonyl (C=O) groups is 2. The molecule has 3 aromatic heterocycles. The number of alkyl carbamates (subject to hydrolysis) is 1. The second-order valence-electron chi connectivity index (χ2n) is 29.1. The van der Waals surface area contributed by atoms with E-state index in [9.17, 15) is 4.79 Å². The number of piperidine rings is 3. The molecule has 1 amide bonds. The van der Waals surface area contributed by atoms with E-state index in [4.69, 9.17) is 67.9 Å². The molecule has 12 atom stereocenters. The van der Waals surface area contributed by atoms with E-state index in [0.717, 1.165) is 149 Å². The summed E-state index contributed by atoms with van der Waals surface area (Å²) < 4.78 is 25.2.